The highest BCUT2D eigenvalue weighted by molar-refractivity contribution is 5.82. The summed E-state index contributed by atoms with van der Waals surface area (Å²) in [6.07, 6.45) is 51.9. The van der Waals surface area contributed by atoms with Crippen molar-refractivity contribution >= 4 is 0 Å². The molecule has 68 heavy (non-hydrogen) atoms. The van der Waals surface area contributed by atoms with Crippen LogP contribution in [0.1, 0.15) is 292 Å². The highest BCUT2D eigenvalue weighted by Crippen LogP contribution is 2.56. The Morgan fingerprint density at radius 1 is 0.250 bits per heavy atom. The standard InChI is InChI=1S/C68H102/c1-5-9-13-17-21-25-29-37-51-67(52-38-30-26-22-18-14-10-6-2)63-43-35-33-41-59(63)61-49-47-57(55-65(61)67)45-46-58-48-50-62-60-42-34-36-44-64(60)68(66(62)56-58,53-39-31-27-23-19-15-11-7-3)54-40-32-28-24-20-16-12-8-4/h33-36,41-44,47-50,55-56H,5-32,37-40,45-46,51-54H2,1-4H3. The minimum atomic E-state index is 0.149. The topological polar surface area (TPSA) is 0 Å². The van der Waals surface area contributed by atoms with E-state index >= 15 is 0 Å². The zero-order valence-electron chi connectivity index (χ0n) is 45.0. The van der Waals surface area contributed by atoms with Gasteiger partial charge in [0.05, 0.1) is 0 Å². The number of fused-ring (bicyclic) bond motifs is 6. The molecule has 0 saturated heterocycles. The maximum Gasteiger partial charge on any atom is 0.0215 e. The second-order valence-electron chi connectivity index (χ2n) is 22.4. The first kappa shape index (κ1) is 54.2. The van der Waals surface area contributed by atoms with Gasteiger partial charge in [0, 0.05) is 10.8 Å². The monoisotopic (exact) mass is 919 g/mol. The third kappa shape index (κ3) is 15.2. The molecule has 0 fully saturated rings. The summed E-state index contributed by atoms with van der Waals surface area (Å²) in [4.78, 5) is 0. The van der Waals surface area contributed by atoms with Gasteiger partial charge in [0.2, 0.25) is 0 Å². The molecule has 0 amide bonds. The van der Waals surface area contributed by atoms with E-state index in [9.17, 15) is 0 Å². The summed E-state index contributed by atoms with van der Waals surface area (Å²) in [5, 5.41) is 0. The fraction of sp³-hybridized carbons (Fsp3) is 0.647. The number of hydrogen-bond donors (Lipinski definition) is 0. The van der Waals surface area contributed by atoms with Gasteiger partial charge in [-0.1, -0.05) is 318 Å². The molecule has 2 aliphatic carbocycles. The van der Waals surface area contributed by atoms with E-state index in [0.717, 1.165) is 12.8 Å². The first-order valence-corrected chi connectivity index (χ1v) is 30.1. The Bertz CT molecular complexity index is 1790. The quantitative estimate of drug-likeness (QED) is 0.0391. The van der Waals surface area contributed by atoms with Crippen LogP contribution in [0.5, 0.6) is 0 Å². The van der Waals surface area contributed by atoms with Crippen molar-refractivity contribution in [3.05, 3.63) is 118 Å². The lowest BCUT2D eigenvalue weighted by atomic mass is 9.70. The van der Waals surface area contributed by atoms with Crippen molar-refractivity contribution in [2.24, 2.45) is 0 Å². The molecule has 374 valence electrons. The molecule has 2 aliphatic rings. The van der Waals surface area contributed by atoms with Crippen molar-refractivity contribution in [1.29, 1.82) is 0 Å². The van der Waals surface area contributed by atoms with Crippen LogP contribution in [0.2, 0.25) is 0 Å². The molecule has 0 atom stereocenters. The summed E-state index contributed by atoms with van der Waals surface area (Å²) in [7, 11) is 0. The SMILES string of the molecule is CCCCCCCCCCC1(CCCCCCCCCC)c2ccccc2-c2ccc(CCc3ccc4c(c3)C(CCCCCCCCCC)(CCCCCCCCCC)c3ccccc3-4)cc21. The van der Waals surface area contributed by atoms with E-state index < -0.39 is 0 Å². The molecular weight excluding hydrogens is 817 g/mol. The minimum Gasteiger partial charge on any atom is -0.0654 e. The molecule has 0 radical (unpaired) electrons. The van der Waals surface area contributed by atoms with Crippen molar-refractivity contribution in [1.82, 2.24) is 0 Å². The molecule has 0 aromatic heterocycles. The lowest BCUT2D eigenvalue weighted by molar-refractivity contribution is 0.396. The Balaban J connectivity index is 1.21. The highest BCUT2D eigenvalue weighted by atomic mass is 14.5. The third-order valence-electron chi connectivity index (χ3n) is 17.2. The number of benzene rings is 4. The van der Waals surface area contributed by atoms with Gasteiger partial charge >= 0.3 is 0 Å². The predicted molar refractivity (Wildman–Crippen MR) is 302 cm³/mol. The lowest BCUT2D eigenvalue weighted by Gasteiger charge is -2.33. The van der Waals surface area contributed by atoms with Gasteiger partial charge in [-0.05, 0) is 94.2 Å². The first-order valence-electron chi connectivity index (χ1n) is 30.1. The van der Waals surface area contributed by atoms with Crippen molar-refractivity contribution in [2.45, 2.75) is 283 Å². The number of hydrogen-bond acceptors (Lipinski definition) is 0. The van der Waals surface area contributed by atoms with Crippen molar-refractivity contribution in [3.63, 3.8) is 0 Å². The summed E-state index contributed by atoms with van der Waals surface area (Å²) >= 11 is 0. The summed E-state index contributed by atoms with van der Waals surface area (Å²) < 4.78 is 0. The van der Waals surface area contributed by atoms with E-state index in [2.05, 4.69) is 113 Å². The maximum atomic E-state index is 2.73. The van der Waals surface area contributed by atoms with Crippen LogP contribution in [-0.4, -0.2) is 0 Å². The van der Waals surface area contributed by atoms with Crippen molar-refractivity contribution in [3.8, 4) is 22.3 Å². The van der Waals surface area contributed by atoms with Crippen molar-refractivity contribution in [2.75, 3.05) is 0 Å². The molecule has 4 aromatic carbocycles. The predicted octanol–water partition coefficient (Wildman–Crippen LogP) is 22.1. The Hall–Kier alpha value is -3.12. The molecule has 0 heteroatoms. The molecule has 0 aliphatic heterocycles. The van der Waals surface area contributed by atoms with Crippen LogP contribution < -0.4 is 0 Å². The van der Waals surface area contributed by atoms with Crippen LogP contribution in [0.15, 0.2) is 84.9 Å². The van der Waals surface area contributed by atoms with Gasteiger partial charge in [-0.2, -0.15) is 0 Å². The molecule has 0 unspecified atom stereocenters. The summed E-state index contributed by atoms with van der Waals surface area (Å²) in [6, 6.07) is 34.8. The molecule has 4 aromatic rings. The number of unbranched alkanes of at least 4 members (excludes halogenated alkanes) is 28. The Morgan fingerprint density at radius 2 is 0.500 bits per heavy atom. The van der Waals surface area contributed by atoms with Gasteiger partial charge in [-0.3, -0.25) is 0 Å². The molecule has 0 nitrogen and oxygen atoms in total. The molecule has 0 spiro atoms. The Morgan fingerprint density at radius 3 is 0.794 bits per heavy atom. The molecular formula is C68H102. The average molecular weight is 920 g/mol. The third-order valence-corrected chi connectivity index (χ3v) is 17.2. The second kappa shape index (κ2) is 30.6. The van der Waals surface area contributed by atoms with E-state index in [1.807, 2.05) is 0 Å². The van der Waals surface area contributed by atoms with E-state index in [1.165, 1.54) is 253 Å². The smallest absolute Gasteiger partial charge is 0.0215 e. The summed E-state index contributed by atoms with van der Waals surface area (Å²) in [5.41, 5.74) is 16.1. The van der Waals surface area contributed by atoms with Gasteiger partial charge in [0.1, 0.15) is 0 Å². The van der Waals surface area contributed by atoms with E-state index in [4.69, 9.17) is 0 Å². The van der Waals surface area contributed by atoms with Gasteiger partial charge in [-0.25, -0.2) is 0 Å². The van der Waals surface area contributed by atoms with Gasteiger partial charge in [0.15, 0.2) is 0 Å². The second-order valence-corrected chi connectivity index (χ2v) is 22.4. The van der Waals surface area contributed by atoms with Gasteiger partial charge in [0.25, 0.3) is 0 Å². The zero-order chi connectivity index (χ0) is 47.5. The van der Waals surface area contributed by atoms with Crippen LogP contribution in [0.4, 0.5) is 0 Å². The van der Waals surface area contributed by atoms with Gasteiger partial charge < -0.3 is 0 Å². The first-order chi connectivity index (χ1) is 33.6. The summed E-state index contributed by atoms with van der Waals surface area (Å²) in [6.45, 7) is 9.34. The van der Waals surface area contributed by atoms with Crippen LogP contribution in [0.25, 0.3) is 22.3 Å². The summed E-state index contributed by atoms with van der Waals surface area (Å²) in [5.74, 6) is 0. The molecule has 0 bridgehead atoms. The molecule has 6 rings (SSSR count). The van der Waals surface area contributed by atoms with E-state index in [0.29, 0.717) is 0 Å². The zero-order valence-corrected chi connectivity index (χ0v) is 45.0. The largest absolute Gasteiger partial charge is 0.0654 e. The Kier molecular flexibility index (Phi) is 24.4. The van der Waals surface area contributed by atoms with Gasteiger partial charge in [-0.15, -0.1) is 0 Å². The maximum absolute atomic E-state index is 2.73. The Labute approximate surface area is 421 Å². The van der Waals surface area contributed by atoms with Crippen LogP contribution in [0, 0.1) is 0 Å². The molecule has 0 heterocycles. The lowest BCUT2D eigenvalue weighted by Crippen LogP contribution is -2.26. The number of aryl methyl sites for hydroxylation is 2. The average Bonchev–Trinajstić information content (AvgIpc) is 3.80. The van der Waals surface area contributed by atoms with E-state index in [-0.39, 0.29) is 10.8 Å². The van der Waals surface area contributed by atoms with Crippen LogP contribution in [-0.2, 0) is 23.7 Å². The normalized spacial score (nSPS) is 14.0. The van der Waals surface area contributed by atoms with Crippen molar-refractivity contribution < 1.29 is 0 Å². The number of rotatable bonds is 39. The molecule has 0 N–H and O–H groups in total. The fourth-order valence-electron chi connectivity index (χ4n) is 13.2. The molecule has 0 saturated carbocycles. The van der Waals surface area contributed by atoms with Crippen LogP contribution >= 0.6 is 0 Å². The minimum absolute atomic E-state index is 0.149. The van der Waals surface area contributed by atoms with Crippen LogP contribution in [0.3, 0.4) is 0 Å². The van der Waals surface area contributed by atoms with E-state index in [1.54, 1.807) is 33.4 Å². The fourth-order valence-corrected chi connectivity index (χ4v) is 13.2. The highest BCUT2D eigenvalue weighted by Gasteiger charge is 2.43.